The van der Waals surface area contributed by atoms with Gasteiger partial charge in [-0.15, -0.1) is 0 Å². The predicted octanol–water partition coefficient (Wildman–Crippen LogP) is 1.64. The lowest BCUT2D eigenvalue weighted by Crippen LogP contribution is -2.36. The van der Waals surface area contributed by atoms with Crippen LogP contribution in [-0.2, 0) is 14.8 Å². The monoisotopic (exact) mass is 329 g/mol. The van der Waals surface area contributed by atoms with Crippen LogP contribution in [0.2, 0.25) is 5.15 Å². The van der Waals surface area contributed by atoms with E-state index >= 15 is 0 Å². The van der Waals surface area contributed by atoms with Gasteiger partial charge in [-0.3, -0.25) is 4.40 Å². The van der Waals surface area contributed by atoms with Gasteiger partial charge in [-0.25, -0.2) is 13.4 Å². The van der Waals surface area contributed by atoms with Crippen molar-refractivity contribution in [3.63, 3.8) is 0 Å². The summed E-state index contributed by atoms with van der Waals surface area (Å²) in [7, 11) is -3.71. The van der Waals surface area contributed by atoms with E-state index in [9.17, 15) is 8.42 Å². The minimum Gasteiger partial charge on any atom is -0.380 e. The Morgan fingerprint density at radius 2 is 2.24 bits per heavy atom. The highest BCUT2D eigenvalue weighted by Gasteiger charge is 2.32. The first-order valence-electron chi connectivity index (χ1n) is 6.70. The van der Waals surface area contributed by atoms with E-state index in [-0.39, 0.29) is 16.1 Å². The normalized spacial score (nSPS) is 21.5. The number of hydrogen-bond acceptors (Lipinski definition) is 4. The van der Waals surface area contributed by atoms with E-state index < -0.39 is 10.0 Å². The molecule has 0 bridgehead atoms. The standard InChI is InChI=1S/C13H16ClN3O3S/c1-10-8-16(6-7-20-9-10)21(18,19)13-12(14)15-11-4-2-3-5-17(11)13/h2-5,10H,6-9H2,1H3. The quantitative estimate of drug-likeness (QED) is 0.840. The summed E-state index contributed by atoms with van der Waals surface area (Å²) >= 11 is 6.08. The van der Waals surface area contributed by atoms with Crippen LogP contribution in [0, 0.1) is 5.92 Å². The van der Waals surface area contributed by atoms with Crippen molar-refractivity contribution >= 4 is 27.3 Å². The molecule has 3 heterocycles. The van der Waals surface area contributed by atoms with Crippen molar-refractivity contribution in [3.8, 4) is 0 Å². The molecule has 0 radical (unpaired) electrons. The molecular formula is C13H16ClN3O3S. The highest BCUT2D eigenvalue weighted by molar-refractivity contribution is 7.89. The van der Waals surface area contributed by atoms with Gasteiger partial charge in [-0.2, -0.15) is 4.31 Å². The first-order valence-corrected chi connectivity index (χ1v) is 8.52. The number of hydrogen-bond donors (Lipinski definition) is 0. The van der Waals surface area contributed by atoms with Crippen molar-refractivity contribution in [1.29, 1.82) is 0 Å². The van der Waals surface area contributed by atoms with Gasteiger partial charge in [0.1, 0.15) is 5.65 Å². The molecule has 0 amide bonds. The summed E-state index contributed by atoms with van der Waals surface area (Å²) in [5, 5.41) is 0.0212. The number of rotatable bonds is 2. The van der Waals surface area contributed by atoms with E-state index in [1.54, 1.807) is 24.4 Å². The van der Waals surface area contributed by atoms with E-state index in [0.29, 0.717) is 32.0 Å². The summed E-state index contributed by atoms with van der Waals surface area (Å²) in [5.74, 6) is 0.139. The molecule has 3 rings (SSSR count). The third kappa shape index (κ3) is 2.66. The number of sulfonamides is 1. The molecule has 1 saturated heterocycles. The van der Waals surface area contributed by atoms with E-state index in [1.807, 2.05) is 6.92 Å². The summed E-state index contributed by atoms with van der Waals surface area (Å²) in [6.07, 6.45) is 1.65. The third-order valence-electron chi connectivity index (χ3n) is 3.43. The fourth-order valence-corrected chi connectivity index (χ4v) is 4.60. The summed E-state index contributed by atoms with van der Waals surface area (Å²) in [6, 6.07) is 5.26. The largest absolute Gasteiger partial charge is 0.380 e. The highest BCUT2D eigenvalue weighted by Crippen LogP contribution is 2.26. The van der Waals surface area contributed by atoms with Crippen molar-refractivity contribution in [2.75, 3.05) is 26.3 Å². The second-order valence-corrected chi connectivity index (χ2v) is 7.39. The first kappa shape index (κ1) is 14.8. The number of nitrogens with zero attached hydrogens (tertiary/aromatic N) is 3. The first-order chi connectivity index (χ1) is 10.00. The van der Waals surface area contributed by atoms with Crippen LogP contribution in [0.15, 0.2) is 29.4 Å². The fraction of sp³-hybridized carbons (Fsp3) is 0.462. The maximum absolute atomic E-state index is 12.9. The molecule has 0 N–H and O–H groups in total. The number of imidazole rings is 1. The predicted molar refractivity (Wildman–Crippen MR) is 78.9 cm³/mol. The van der Waals surface area contributed by atoms with Crippen LogP contribution in [0.4, 0.5) is 0 Å². The Kier molecular flexibility index (Phi) is 3.92. The molecule has 1 aliphatic heterocycles. The maximum atomic E-state index is 12.9. The smallest absolute Gasteiger partial charge is 0.262 e. The molecule has 1 fully saturated rings. The number of ether oxygens (including phenoxy) is 1. The maximum Gasteiger partial charge on any atom is 0.262 e. The number of aromatic nitrogens is 2. The van der Waals surface area contributed by atoms with Gasteiger partial charge in [0.15, 0.2) is 10.2 Å². The van der Waals surface area contributed by atoms with Crippen LogP contribution >= 0.6 is 11.6 Å². The molecule has 114 valence electrons. The fourth-order valence-electron chi connectivity index (χ4n) is 2.46. The topological polar surface area (TPSA) is 63.9 Å². The lowest BCUT2D eigenvalue weighted by Gasteiger charge is -2.21. The molecule has 1 unspecified atom stereocenters. The van der Waals surface area contributed by atoms with Crippen LogP contribution in [0.5, 0.6) is 0 Å². The zero-order valence-corrected chi connectivity index (χ0v) is 13.1. The van der Waals surface area contributed by atoms with Gasteiger partial charge in [0.2, 0.25) is 0 Å². The molecule has 0 spiro atoms. The molecule has 2 aromatic heterocycles. The van der Waals surface area contributed by atoms with Crippen LogP contribution in [-0.4, -0.2) is 48.4 Å². The van der Waals surface area contributed by atoms with Crippen LogP contribution in [0.3, 0.4) is 0 Å². The second-order valence-electron chi connectivity index (χ2n) is 5.18. The Morgan fingerprint density at radius 1 is 1.43 bits per heavy atom. The van der Waals surface area contributed by atoms with Crippen LogP contribution in [0.25, 0.3) is 5.65 Å². The summed E-state index contributed by atoms with van der Waals surface area (Å²) in [5.41, 5.74) is 0.514. The Bertz CT molecular complexity index is 759. The lowest BCUT2D eigenvalue weighted by atomic mass is 10.2. The average Bonchev–Trinajstić information content (AvgIpc) is 2.62. The van der Waals surface area contributed by atoms with E-state index in [0.717, 1.165) is 0 Å². The van der Waals surface area contributed by atoms with Crippen LogP contribution < -0.4 is 0 Å². The Morgan fingerprint density at radius 3 is 3.05 bits per heavy atom. The molecule has 21 heavy (non-hydrogen) atoms. The van der Waals surface area contributed by atoms with Gasteiger partial charge in [-0.05, 0) is 18.1 Å². The number of pyridine rings is 1. The summed E-state index contributed by atoms with van der Waals surface area (Å²) in [6.45, 7) is 3.65. The van der Waals surface area contributed by atoms with Gasteiger partial charge in [0, 0.05) is 19.3 Å². The molecule has 2 aromatic rings. The zero-order chi connectivity index (χ0) is 15.0. The molecule has 8 heteroatoms. The van der Waals surface area contributed by atoms with Gasteiger partial charge < -0.3 is 4.74 Å². The average molecular weight is 330 g/mol. The Labute approximate surface area is 128 Å². The minimum absolute atomic E-state index is 0.000909. The molecule has 0 aliphatic carbocycles. The van der Waals surface area contributed by atoms with Crippen molar-refractivity contribution in [1.82, 2.24) is 13.7 Å². The Hall–Kier alpha value is -1.15. The third-order valence-corrected chi connectivity index (χ3v) is 5.70. The Balaban J connectivity index is 2.09. The SMILES string of the molecule is CC1COCCN(S(=O)(=O)c2c(Cl)nc3ccccn23)C1. The molecule has 0 aromatic carbocycles. The van der Waals surface area contributed by atoms with Gasteiger partial charge in [0.25, 0.3) is 10.0 Å². The van der Waals surface area contributed by atoms with Crippen molar-refractivity contribution in [2.45, 2.75) is 11.9 Å². The van der Waals surface area contributed by atoms with Crippen molar-refractivity contribution in [2.24, 2.45) is 5.92 Å². The highest BCUT2D eigenvalue weighted by atomic mass is 35.5. The molecule has 6 nitrogen and oxygen atoms in total. The van der Waals surface area contributed by atoms with Gasteiger partial charge in [-0.1, -0.05) is 24.6 Å². The molecule has 0 saturated carbocycles. The van der Waals surface area contributed by atoms with E-state index in [2.05, 4.69) is 4.98 Å². The zero-order valence-electron chi connectivity index (χ0n) is 11.6. The molecule has 1 aliphatic rings. The summed E-state index contributed by atoms with van der Waals surface area (Å²) in [4.78, 5) is 4.11. The van der Waals surface area contributed by atoms with E-state index in [1.165, 1.54) is 8.71 Å². The minimum atomic E-state index is -3.71. The molecular weight excluding hydrogens is 314 g/mol. The molecule has 1 atom stereocenters. The number of fused-ring (bicyclic) bond motifs is 1. The van der Waals surface area contributed by atoms with E-state index in [4.69, 9.17) is 16.3 Å². The number of halogens is 1. The second kappa shape index (κ2) is 5.57. The van der Waals surface area contributed by atoms with Gasteiger partial charge >= 0.3 is 0 Å². The lowest BCUT2D eigenvalue weighted by molar-refractivity contribution is 0.127. The summed E-state index contributed by atoms with van der Waals surface area (Å²) < 4.78 is 34.2. The van der Waals surface area contributed by atoms with Gasteiger partial charge in [0.05, 0.1) is 13.2 Å². The van der Waals surface area contributed by atoms with Crippen molar-refractivity contribution in [3.05, 3.63) is 29.5 Å². The van der Waals surface area contributed by atoms with Crippen molar-refractivity contribution < 1.29 is 13.2 Å². The van der Waals surface area contributed by atoms with Crippen LogP contribution in [0.1, 0.15) is 6.92 Å².